The number of aromatic amines is 1. The third-order valence-corrected chi connectivity index (χ3v) is 6.49. The molecule has 33 heavy (non-hydrogen) atoms. The van der Waals surface area contributed by atoms with E-state index in [0.29, 0.717) is 13.0 Å². The third-order valence-electron chi connectivity index (χ3n) is 6.49. The first-order valence-corrected chi connectivity index (χ1v) is 11.3. The summed E-state index contributed by atoms with van der Waals surface area (Å²) in [6.45, 7) is 2.65. The Bertz CT molecular complexity index is 1280. The Balaban J connectivity index is 1.48. The standard InChI is InChI=1S/C28H27NO4/c1-18-23(9-7-20-11-13-29-28(18)20)26(15-19-5-3-2-4-6-19)33-22-8-10-24-21(16-27(30)31)12-14-32-25(24)17-22/h2-11,13,17,21,26,29H,12,14-16H2,1H3,(H,30,31). The molecule has 0 bridgehead atoms. The molecule has 168 valence electrons. The highest BCUT2D eigenvalue weighted by Crippen LogP contribution is 2.39. The maximum absolute atomic E-state index is 11.3. The fourth-order valence-corrected chi connectivity index (χ4v) is 4.79. The van der Waals surface area contributed by atoms with Gasteiger partial charge in [-0.15, -0.1) is 0 Å². The summed E-state index contributed by atoms with van der Waals surface area (Å²) in [6, 6.07) is 22.5. The quantitative estimate of drug-likeness (QED) is 0.359. The van der Waals surface area contributed by atoms with Crippen LogP contribution in [0.3, 0.4) is 0 Å². The number of carboxylic acid groups (broad SMARTS) is 1. The summed E-state index contributed by atoms with van der Waals surface area (Å²) in [7, 11) is 0. The number of nitrogens with one attached hydrogen (secondary N) is 1. The average Bonchev–Trinajstić information content (AvgIpc) is 3.29. The normalized spacial score (nSPS) is 16.1. The maximum atomic E-state index is 11.3. The molecular weight excluding hydrogens is 414 g/mol. The van der Waals surface area contributed by atoms with E-state index in [-0.39, 0.29) is 18.4 Å². The van der Waals surface area contributed by atoms with E-state index in [0.717, 1.165) is 34.6 Å². The second-order valence-corrected chi connectivity index (χ2v) is 8.65. The third kappa shape index (κ3) is 4.44. The number of carbonyl (C=O) groups is 1. The Morgan fingerprint density at radius 2 is 2.00 bits per heavy atom. The van der Waals surface area contributed by atoms with Gasteiger partial charge in [0.1, 0.15) is 17.6 Å². The zero-order valence-electron chi connectivity index (χ0n) is 18.6. The number of rotatable bonds is 7. The second-order valence-electron chi connectivity index (χ2n) is 8.65. The number of fused-ring (bicyclic) bond motifs is 2. The van der Waals surface area contributed by atoms with E-state index in [1.807, 2.05) is 42.6 Å². The summed E-state index contributed by atoms with van der Waals surface area (Å²) in [5, 5.41) is 10.4. The molecule has 2 atom stereocenters. The summed E-state index contributed by atoms with van der Waals surface area (Å²) in [5.41, 5.74) is 5.58. The van der Waals surface area contributed by atoms with Crippen molar-refractivity contribution in [2.75, 3.05) is 6.61 Å². The van der Waals surface area contributed by atoms with Crippen molar-refractivity contribution in [2.45, 2.75) is 38.2 Å². The van der Waals surface area contributed by atoms with Crippen molar-refractivity contribution in [1.29, 1.82) is 0 Å². The van der Waals surface area contributed by atoms with Crippen LogP contribution in [0.4, 0.5) is 0 Å². The molecule has 0 saturated carbocycles. The molecule has 1 aromatic heterocycles. The molecule has 2 unspecified atom stereocenters. The second kappa shape index (κ2) is 9.02. The molecule has 0 spiro atoms. The molecule has 0 aliphatic carbocycles. The smallest absolute Gasteiger partial charge is 0.303 e. The monoisotopic (exact) mass is 441 g/mol. The molecule has 2 N–H and O–H groups in total. The van der Waals surface area contributed by atoms with Crippen LogP contribution in [0.15, 0.2) is 72.9 Å². The topological polar surface area (TPSA) is 71.6 Å². The van der Waals surface area contributed by atoms with Crippen LogP contribution in [0.5, 0.6) is 11.5 Å². The lowest BCUT2D eigenvalue weighted by Gasteiger charge is -2.27. The van der Waals surface area contributed by atoms with Crippen LogP contribution in [0.25, 0.3) is 10.9 Å². The van der Waals surface area contributed by atoms with Crippen LogP contribution in [0.2, 0.25) is 0 Å². The number of hydrogen-bond donors (Lipinski definition) is 2. The molecule has 5 rings (SSSR count). The molecule has 3 aromatic carbocycles. The van der Waals surface area contributed by atoms with E-state index in [1.165, 1.54) is 16.5 Å². The van der Waals surface area contributed by atoms with Crippen molar-refractivity contribution in [2.24, 2.45) is 0 Å². The summed E-state index contributed by atoms with van der Waals surface area (Å²) in [4.78, 5) is 14.6. The highest BCUT2D eigenvalue weighted by atomic mass is 16.5. The average molecular weight is 442 g/mol. The molecule has 0 saturated heterocycles. The van der Waals surface area contributed by atoms with Gasteiger partial charge in [-0.05, 0) is 53.1 Å². The van der Waals surface area contributed by atoms with Gasteiger partial charge in [-0.2, -0.15) is 0 Å². The Morgan fingerprint density at radius 3 is 2.82 bits per heavy atom. The van der Waals surface area contributed by atoms with Crippen LogP contribution in [-0.2, 0) is 11.2 Å². The van der Waals surface area contributed by atoms with E-state index in [9.17, 15) is 9.90 Å². The van der Waals surface area contributed by atoms with Crippen molar-refractivity contribution in [3.05, 3.63) is 95.2 Å². The first-order chi connectivity index (χ1) is 16.1. The van der Waals surface area contributed by atoms with E-state index in [1.54, 1.807) is 0 Å². The zero-order valence-corrected chi connectivity index (χ0v) is 18.6. The number of hydrogen-bond acceptors (Lipinski definition) is 3. The van der Waals surface area contributed by atoms with Gasteiger partial charge in [0.2, 0.25) is 0 Å². The number of aromatic nitrogens is 1. The van der Waals surface area contributed by atoms with Crippen molar-refractivity contribution in [3.8, 4) is 11.5 Å². The van der Waals surface area contributed by atoms with Crippen LogP contribution in [0.1, 0.15) is 47.1 Å². The van der Waals surface area contributed by atoms with Gasteiger partial charge in [-0.3, -0.25) is 4.79 Å². The SMILES string of the molecule is Cc1c(C(Cc2ccccc2)Oc2ccc3c(c2)OCCC3CC(=O)O)ccc2cc[nH]c12. The summed E-state index contributed by atoms with van der Waals surface area (Å²) < 4.78 is 12.5. The van der Waals surface area contributed by atoms with E-state index < -0.39 is 5.97 Å². The van der Waals surface area contributed by atoms with Crippen LogP contribution in [0, 0.1) is 6.92 Å². The van der Waals surface area contributed by atoms with Crippen molar-refractivity contribution in [3.63, 3.8) is 0 Å². The van der Waals surface area contributed by atoms with Crippen molar-refractivity contribution >= 4 is 16.9 Å². The Kier molecular flexibility index (Phi) is 5.78. The molecule has 0 radical (unpaired) electrons. The van der Waals surface area contributed by atoms with Gasteiger partial charge in [0, 0.05) is 30.1 Å². The van der Waals surface area contributed by atoms with Gasteiger partial charge in [0.05, 0.1) is 13.0 Å². The first-order valence-electron chi connectivity index (χ1n) is 11.3. The lowest BCUT2D eigenvalue weighted by atomic mass is 9.90. The van der Waals surface area contributed by atoms with Gasteiger partial charge < -0.3 is 19.6 Å². The minimum atomic E-state index is -0.786. The van der Waals surface area contributed by atoms with Gasteiger partial charge in [-0.1, -0.05) is 48.5 Å². The summed E-state index contributed by atoms with van der Waals surface area (Å²) >= 11 is 0. The Hall–Kier alpha value is -3.73. The molecular formula is C28H27NO4. The maximum Gasteiger partial charge on any atom is 0.303 e. The molecule has 2 heterocycles. The van der Waals surface area contributed by atoms with Gasteiger partial charge >= 0.3 is 5.97 Å². The predicted molar refractivity (Wildman–Crippen MR) is 128 cm³/mol. The number of carboxylic acids is 1. The van der Waals surface area contributed by atoms with Gasteiger partial charge in [0.25, 0.3) is 0 Å². The number of benzene rings is 3. The fraction of sp³-hybridized carbons (Fsp3) is 0.250. The highest BCUT2D eigenvalue weighted by Gasteiger charge is 2.25. The van der Waals surface area contributed by atoms with Crippen LogP contribution < -0.4 is 9.47 Å². The lowest BCUT2D eigenvalue weighted by molar-refractivity contribution is -0.137. The number of H-pyrrole nitrogens is 1. The van der Waals surface area contributed by atoms with Crippen LogP contribution >= 0.6 is 0 Å². The summed E-state index contributed by atoms with van der Waals surface area (Å²) in [6.07, 6.45) is 3.33. The largest absolute Gasteiger partial charge is 0.493 e. The molecule has 0 fully saturated rings. The number of aliphatic carboxylic acids is 1. The number of ether oxygens (including phenoxy) is 2. The lowest BCUT2D eigenvalue weighted by Crippen LogP contribution is -2.17. The Morgan fingerprint density at radius 1 is 1.15 bits per heavy atom. The zero-order chi connectivity index (χ0) is 22.8. The fourth-order valence-electron chi connectivity index (χ4n) is 4.79. The van der Waals surface area contributed by atoms with E-state index >= 15 is 0 Å². The predicted octanol–water partition coefficient (Wildman–Crippen LogP) is 6.18. The van der Waals surface area contributed by atoms with Crippen molar-refractivity contribution in [1.82, 2.24) is 4.98 Å². The molecule has 5 heteroatoms. The van der Waals surface area contributed by atoms with E-state index in [2.05, 4.69) is 42.2 Å². The molecule has 1 aliphatic heterocycles. The first kappa shape index (κ1) is 21.1. The van der Waals surface area contributed by atoms with E-state index in [4.69, 9.17) is 9.47 Å². The van der Waals surface area contributed by atoms with Gasteiger partial charge in [0.15, 0.2) is 0 Å². The molecule has 5 nitrogen and oxygen atoms in total. The molecule has 0 amide bonds. The van der Waals surface area contributed by atoms with Crippen molar-refractivity contribution < 1.29 is 19.4 Å². The van der Waals surface area contributed by atoms with Crippen LogP contribution in [-0.4, -0.2) is 22.7 Å². The highest BCUT2D eigenvalue weighted by molar-refractivity contribution is 5.83. The van der Waals surface area contributed by atoms with Gasteiger partial charge in [-0.25, -0.2) is 0 Å². The summed E-state index contributed by atoms with van der Waals surface area (Å²) in [5.74, 6) is 0.626. The molecule has 4 aromatic rings. The minimum Gasteiger partial charge on any atom is -0.493 e. The molecule has 1 aliphatic rings. The number of aryl methyl sites for hydroxylation is 1. The Labute approximate surface area is 193 Å². The minimum absolute atomic E-state index is 0.0297.